The number of halogens is 5. The van der Waals surface area contributed by atoms with Crippen LogP contribution in [0.3, 0.4) is 0 Å². The Bertz CT molecular complexity index is 375. The standard InChI is InChI=1S/C8H3ClF3IO/c9-7(14)4-2-1-3-5(13)6(4)8(10,11)12/h1-3H. The largest absolute Gasteiger partial charge is 0.418 e. The summed E-state index contributed by atoms with van der Waals surface area (Å²) in [6.07, 6.45) is -4.56. The molecule has 0 heterocycles. The Hall–Kier alpha value is -0.300. The fourth-order valence-corrected chi connectivity index (χ4v) is 1.94. The number of alkyl halides is 3. The van der Waals surface area contributed by atoms with Crippen LogP contribution >= 0.6 is 34.2 Å². The predicted octanol–water partition coefficient (Wildman–Crippen LogP) is 3.69. The van der Waals surface area contributed by atoms with Gasteiger partial charge in [-0.25, -0.2) is 0 Å². The van der Waals surface area contributed by atoms with E-state index < -0.39 is 22.5 Å². The van der Waals surface area contributed by atoms with Crippen molar-refractivity contribution in [2.75, 3.05) is 0 Å². The van der Waals surface area contributed by atoms with Gasteiger partial charge in [0.25, 0.3) is 5.24 Å². The van der Waals surface area contributed by atoms with Gasteiger partial charge in [-0.2, -0.15) is 13.2 Å². The first-order valence-electron chi connectivity index (χ1n) is 3.39. The molecule has 1 nitrogen and oxygen atoms in total. The number of hydrogen-bond donors (Lipinski definition) is 0. The molecule has 0 saturated heterocycles. The maximum Gasteiger partial charge on any atom is 0.418 e. The minimum atomic E-state index is -4.56. The summed E-state index contributed by atoms with van der Waals surface area (Å²) in [6.45, 7) is 0. The fraction of sp³-hybridized carbons (Fsp3) is 0.125. The first kappa shape index (κ1) is 11.8. The second-order valence-electron chi connectivity index (χ2n) is 2.43. The quantitative estimate of drug-likeness (QED) is 0.565. The van der Waals surface area contributed by atoms with Gasteiger partial charge in [-0.05, 0) is 46.3 Å². The Morgan fingerprint density at radius 2 is 1.93 bits per heavy atom. The highest BCUT2D eigenvalue weighted by molar-refractivity contribution is 14.1. The third-order valence-electron chi connectivity index (χ3n) is 1.51. The lowest BCUT2D eigenvalue weighted by molar-refractivity contribution is -0.138. The molecule has 0 bridgehead atoms. The predicted molar refractivity (Wildman–Crippen MR) is 54.3 cm³/mol. The SMILES string of the molecule is O=C(Cl)c1cccc(I)c1C(F)(F)F. The van der Waals surface area contributed by atoms with Crippen LogP contribution in [0, 0.1) is 3.57 Å². The smallest absolute Gasteiger partial charge is 0.276 e. The topological polar surface area (TPSA) is 17.1 Å². The molecule has 0 saturated carbocycles. The Balaban J connectivity index is 3.45. The highest BCUT2D eigenvalue weighted by atomic mass is 127. The molecule has 1 aromatic carbocycles. The molecule has 6 heteroatoms. The second-order valence-corrected chi connectivity index (χ2v) is 3.94. The molecule has 0 aliphatic carbocycles. The van der Waals surface area contributed by atoms with Crippen LogP contribution in [0.4, 0.5) is 13.2 Å². The molecule has 1 rings (SSSR count). The van der Waals surface area contributed by atoms with Crippen molar-refractivity contribution in [2.45, 2.75) is 6.18 Å². The van der Waals surface area contributed by atoms with E-state index in [0.717, 1.165) is 6.07 Å². The van der Waals surface area contributed by atoms with Crippen molar-refractivity contribution >= 4 is 39.4 Å². The van der Waals surface area contributed by atoms with Gasteiger partial charge in [0.2, 0.25) is 0 Å². The van der Waals surface area contributed by atoms with Crippen LogP contribution in [-0.2, 0) is 6.18 Å². The summed E-state index contributed by atoms with van der Waals surface area (Å²) in [5.74, 6) is 0. The number of carbonyl (C=O) groups is 1. The molecule has 0 aliphatic rings. The van der Waals surface area contributed by atoms with Gasteiger partial charge in [-0.15, -0.1) is 0 Å². The zero-order valence-electron chi connectivity index (χ0n) is 6.53. The summed E-state index contributed by atoms with van der Waals surface area (Å²) in [7, 11) is 0. The minimum Gasteiger partial charge on any atom is -0.276 e. The van der Waals surface area contributed by atoms with Gasteiger partial charge in [0.1, 0.15) is 0 Å². The van der Waals surface area contributed by atoms with Crippen LogP contribution in [0.5, 0.6) is 0 Å². The average molecular weight is 334 g/mol. The van der Waals surface area contributed by atoms with Gasteiger partial charge in [-0.3, -0.25) is 4.79 Å². The van der Waals surface area contributed by atoms with Crippen LogP contribution in [0.15, 0.2) is 18.2 Å². The van der Waals surface area contributed by atoms with Crippen molar-refractivity contribution < 1.29 is 18.0 Å². The summed E-state index contributed by atoms with van der Waals surface area (Å²) in [6, 6.07) is 3.68. The monoisotopic (exact) mass is 334 g/mol. The highest BCUT2D eigenvalue weighted by Crippen LogP contribution is 2.35. The molecule has 0 fully saturated rings. The summed E-state index contributed by atoms with van der Waals surface area (Å²) in [5.41, 5.74) is -1.48. The second kappa shape index (κ2) is 4.06. The van der Waals surface area contributed by atoms with E-state index in [1.165, 1.54) is 34.7 Å². The average Bonchev–Trinajstić information content (AvgIpc) is 2.01. The number of benzene rings is 1. The van der Waals surface area contributed by atoms with E-state index in [1.54, 1.807) is 0 Å². The van der Waals surface area contributed by atoms with Gasteiger partial charge < -0.3 is 0 Å². The summed E-state index contributed by atoms with van der Waals surface area (Å²) >= 11 is 6.56. The zero-order chi connectivity index (χ0) is 10.9. The fourth-order valence-electron chi connectivity index (χ4n) is 0.976. The number of rotatable bonds is 1. The molecule has 1 aromatic rings. The van der Waals surface area contributed by atoms with Crippen LogP contribution in [-0.4, -0.2) is 5.24 Å². The Morgan fingerprint density at radius 3 is 2.29 bits per heavy atom. The molecule has 76 valence electrons. The number of carbonyl (C=O) groups excluding carboxylic acids is 1. The lowest BCUT2D eigenvalue weighted by atomic mass is 10.1. The first-order chi connectivity index (χ1) is 6.34. The van der Waals surface area contributed by atoms with E-state index in [9.17, 15) is 18.0 Å². The van der Waals surface area contributed by atoms with Crippen molar-refractivity contribution in [3.8, 4) is 0 Å². The Morgan fingerprint density at radius 1 is 1.36 bits per heavy atom. The van der Waals surface area contributed by atoms with Crippen LogP contribution in [0.1, 0.15) is 15.9 Å². The molecule has 0 atom stereocenters. The minimum absolute atomic E-state index is 0.0402. The maximum atomic E-state index is 12.5. The molecular weight excluding hydrogens is 331 g/mol. The van der Waals surface area contributed by atoms with Crippen molar-refractivity contribution in [1.29, 1.82) is 0 Å². The van der Waals surface area contributed by atoms with Gasteiger partial charge in [0.15, 0.2) is 0 Å². The Kier molecular flexibility index (Phi) is 3.41. The molecule has 0 N–H and O–H groups in total. The molecular formula is C8H3ClF3IO. The van der Waals surface area contributed by atoms with E-state index in [1.807, 2.05) is 0 Å². The van der Waals surface area contributed by atoms with E-state index in [-0.39, 0.29) is 3.57 Å². The van der Waals surface area contributed by atoms with Crippen molar-refractivity contribution in [3.63, 3.8) is 0 Å². The van der Waals surface area contributed by atoms with Crippen LogP contribution < -0.4 is 0 Å². The van der Waals surface area contributed by atoms with E-state index in [2.05, 4.69) is 0 Å². The van der Waals surface area contributed by atoms with Gasteiger partial charge in [0.05, 0.1) is 5.56 Å². The van der Waals surface area contributed by atoms with Crippen LogP contribution in [0.2, 0.25) is 0 Å². The highest BCUT2D eigenvalue weighted by Gasteiger charge is 2.36. The van der Waals surface area contributed by atoms with E-state index >= 15 is 0 Å². The normalized spacial score (nSPS) is 11.5. The summed E-state index contributed by atoms with van der Waals surface area (Å²) in [5, 5.41) is -1.10. The van der Waals surface area contributed by atoms with Gasteiger partial charge in [0, 0.05) is 9.13 Å². The molecule has 0 aliphatic heterocycles. The number of hydrogen-bond acceptors (Lipinski definition) is 1. The molecule has 0 aromatic heterocycles. The molecule has 0 unspecified atom stereocenters. The first-order valence-corrected chi connectivity index (χ1v) is 4.85. The van der Waals surface area contributed by atoms with E-state index in [0.29, 0.717) is 0 Å². The molecule has 0 spiro atoms. The zero-order valence-corrected chi connectivity index (χ0v) is 9.44. The van der Waals surface area contributed by atoms with Crippen LogP contribution in [0.25, 0.3) is 0 Å². The summed E-state index contributed by atoms with van der Waals surface area (Å²) < 4.78 is 37.3. The summed E-state index contributed by atoms with van der Waals surface area (Å²) in [4.78, 5) is 10.7. The lowest BCUT2D eigenvalue weighted by Gasteiger charge is -2.11. The lowest BCUT2D eigenvalue weighted by Crippen LogP contribution is -2.13. The molecule has 0 radical (unpaired) electrons. The maximum absolute atomic E-state index is 12.5. The van der Waals surface area contributed by atoms with Crippen molar-refractivity contribution in [3.05, 3.63) is 32.9 Å². The van der Waals surface area contributed by atoms with Crippen molar-refractivity contribution in [1.82, 2.24) is 0 Å². The van der Waals surface area contributed by atoms with Crippen molar-refractivity contribution in [2.24, 2.45) is 0 Å². The third kappa shape index (κ3) is 2.38. The van der Waals surface area contributed by atoms with E-state index in [4.69, 9.17) is 11.6 Å². The van der Waals surface area contributed by atoms with Gasteiger partial charge >= 0.3 is 6.18 Å². The van der Waals surface area contributed by atoms with Gasteiger partial charge in [-0.1, -0.05) is 6.07 Å². The Labute approximate surface area is 96.4 Å². The molecule has 14 heavy (non-hydrogen) atoms. The third-order valence-corrected chi connectivity index (χ3v) is 2.61. The molecule has 0 amide bonds.